The summed E-state index contributed by atoms with van der Waals surface area (Å²) in [5, 5.41) is 0.588. The minimum Gasteiger partial charge on any atom is -0.315 e. The van der Waals surface area contributed by atoms with Gasteiger partial charge in [0.2, 0.25) is 0 Å². The number of amides is 1. The molecule has 0 unspecified atom stereocenters. The molecule has 3 heteroatoms. The zero-order valence-corrected chi connectivity index (χ0v) is 12.4. The Balaban J connectivity index is 1.87. The Labute approximate surface area is 129 Å². The topological polar surface area (TPSA) is 20.3 Å². The van der Waals surface area contributed by atoms with Gasteiger partial charge in [-0.25, -0.2) is 0 Å². The van der Waals surface area contributed by atoms with E-state index >= 15 is 0 Å². The number of nitrogens with zero attached hydrogens (tertiary/aromatic N) is 1. The molecule has 3 rings (SSSR count). The van der Waals surface area contributed by atoms with Crippen LogP contribution < -0.4 is 0 Å². The summed E-state index contributed by atoms with van der Waals surface area (Å²) in [5.41, 5.74) is 3.02. The van der Waals surface area contributed by atoms with Crippen molar-refractivity contribution in [1.29, 1.82) is 0 Å². The first kappa shape index (κ1) is 13.9. The first-order valence-electron chi connectivity index (χ1n) is 7.07. The van der Waals surface area contributed by atoms with Crippen molar-refractivity contribution < 1.29 is 4.79 Å². The number of carbonyl (C=O) groups is 1. The molecule has 106 valence electrons. The van der Waals surface area contributed by atoms with Crippen LogP contribution in [0.25, 0.3) is 5.57 Å². The second-order valence-corrected chi connectivity index (χ2v) is 5.57. The van der Waals surface area contributed by atoms with Gasteiger partial charge in [0.05, 0.1) is 0 Å². The average Bonchev–Trinajstić information content (AvgIpc) is 2.55. The van der Waals surface area contributed by atoms with E-state index in [0.29, 0.717) is 10.6 Å². The van der Waals surface area contributed by atoms with Crippen molar-refractivity contribution in [3.05, 3.63) is 76.9 Å². The van der Waals surface area contributed by atoms with Gasteiger partial charge in [-0.1, -0.05) is 48.0 Å². The molecule has 0 saturated heterocycles. The molecule has 1 heterocycles. The van der Waals surface area contributed by atoms with E-state index in [-0.39, 0.29) is 5.91 Å². The highest BCUT2D eigenvalue weighted by Crippen LogP contribution is 2.26. The van der Waals surface area contributed by atoms with Crippen LogP contribution in [0.3, 0.4) is 0 Å². The highest BCUT2D eigenvalue weighted by Gasteiger charge is 2.19. The van der Waals surface area contributed by atoms with Gasteiger partial charge in [-0.15, -0.1) is 0 Å². The van der Waals surface area contributed by atoms with Gasteiger partial charge in [0, 0.05) is 23.3 Å². The third-order valence-corrected chi connectivity index (χ3v) is 3.87. The predicted octanol–water partition coefficient (Wildman–Crippen LogP) is 4.62. The molecule has 0 aliphatic carbocycles. The molecule has 0 radical (unpaired) electrons. The SMILES string of the molecule is O=C(c1cccc(Cl)c1)N1C=C(c2ccccc2)CCC1. The van der Waals surface area contributed by atoms with Crippen LogP contribution in [-0.2, 0) is 0 Å². The molecule has 1 amide bonds. The van der Waals surface area contributed by atoms with Gasteiger partial charge >= 0.3 is 0 Å². The van der Waals surface area contributed by atoms with Gasteiger partial charge in [-0.2, -0.15) is 0 Å². The van der Waals surface area contributed by atoms with E-state index in [9.17, 15) is 4.79 Å². The molecular formula is C18H16ClNO. The lowest BCUT2D eigenvalue weighted by molar-refractivity contribution is 0.0817. The highest BCUT2D eigenvalue weighted by atomic mass is 35.5. The van der Waals surface area contributed by atoms with E-state index in [4.69, 9.17) is 11.6 Å². The predicted molar refractivity (Wildman–Crippen MR) is 86.1 cm³/mol. The molecule has 0 saturated carbocycles. The standard InChI is InChI=1S/C18H16ClNO/c19-17-10-4-8-15(12-17)18(21)20-11-5-9-16(13-20)14-6-2-1-3-7-14/h1-4,6-8,10,12-13H,5,9,11H2. The molecule has 2 nitrogen and oxygen atoms in total. The second-order valence-electron chi connectivity index (χ2n) is 5.13. The van der Waals surface area contributed by atoms with Gasteiger partial charge in [-0.05, 0) is 42.2 Å². The Morgan fingerprint density at radius 2 is 1.86 bits per heavy atom. The first-order valence-corrected chi connectivity index (χ1v) is 7.44. The third-order valence-electron chi connectivity index (χ3n) is 3.63. The lowest BCUT2D eigenvalue weighted by Crippen LogP contribution is -2.29. The van der Waals surface area contributed by atoms with Crippen LogP contribution >= 0.6 is 11.6 Å². The zero-order valence-electron chi connectivity index (χ0n) is 11.6. The van der Waals surface area contributed by atoms with Gasteiger partial charge < -0.3 is 4.90 Å². The first-order chi connectivity index (χ1) is 10.2. The van der Waals surface area contributed by atoms with Crippen LogP contribution in [0, 0.1) is 0 Å². The van der Waals surface area contributed by atoms with E-state index in [1.54, 1.807) is 29.2 Å². The second kappa shape index (κ2) is 6.15. The maximum absolute atomic E-state index is 12.6. The summed E-state index contributed by atoms with van der Waals surface area (Å²) >= 11 is 5.97. The van der Waals surface area contributed by atoms with Crippen molar-refractivity contribution in [1.82, 2.24) is 4.90 Å². The van der Waals surface area contributed by atoms with Crippen LogP contribution in [-0.4, -0.2) is 17.4 Å². The van der Waals surface area contributed by atoms with E-state index in [1.165, 1.54) is 11.1 Å². The quantitative estimate of drug-likeness (QED) is 0.792. The number of carbonyl (C=O) groups excluding carboxylic acids is 1. The molecule has 0 bridgehead atoms. The summed E-state index contributed by atoms with van der Waals surface area (Å²) in [5.74, 6) is 0.00521. The van der Waals surface area contributed by atoms with E-state index in [2.05, 4.69) is 12.1 Å². The van der Waals surface area contributed by atoms with Gasteiger partial charge in [-0.3, -0.25) is 4.79 Å². The average molecular weight is 298 g/mol. The number of halogens is 1. The summed E-state index contributed by atoms with van der Waals surface area (Å²) in [6.45, 7) is 0.752. The molecule has 2 aromatic carbocycles. The number of hydrogen-bond acceptors (Lipinski definition) is 1. The maximum Gasteiger partial charge on any atom is 0.257 e. The van der Waals surface area contributed by atoms with Crippen LogP contribution in [0.2, 0.25) is 5.02 Å². The van der Waals surface area contributed by atoms with Crippen LogP contribution in [0.15, 0.2) is 60.8 Å². The van der Waals surface area contributed by atoms with Crippen molar-refractivity contribution in [3.8, 4) is 0 Å². The zero-order chi connectivity index (χ0) is 14.7. The summed E-state index contributed by atoms with van der Waals surface area (Å²) in [7, 11) is 0. The molecule has 1 aliphatic rings. The lowest BCUT2D eigenvalue weighted by Gasteiger charge is -2.25. The largest absolute Gasteiger partial charge is 0.315 e. The maximum atomic E-state index is 12.6. The molecule has 0 aromatic heterocycles. The molecular weight excluding hydrogens is 282 g/mol. The number of allylic oxidation sites excluding steroid dienone is 1. The fraction of sp³-hybridized carbons (Fsp3) is 0.167. The Bertz CT molecular complexity index is 679. The van der Waals surface area contributed by atoms with Crippen molar-refractivity contribution >= 4 is 23.1 Å². The minimum absolute atomic E-state index is 0.00521. The number of rotatable bonds is 2. The van der Waals surface area contributed by atoms with E-state index < -0.39 is 0 Å². The summed E-state index contributed by atoms with van der Waals surface area (Å²) in [6.07, 6.45) is 3.96. The van der Waals surface area contributed by atoms with Crippen LogP contribution in [0.1, 0.15) is 28.8 Å². The minimum atomic E-state index is 0.00521. The fourth-order valence-corrected chi connectivity index (χ4v) is 2.77. The van der Waals surface area contributed by atoms with Crippen molar-refractivity contribution in [2.75, 3.05) is 6.54 Å². The van der Waals surface area contributed by atoms with Crippen LogP contribution in [0.4, 0.5) is 0 Å². The molecule has 0 atom stereocenters. The Morgan fingerprint density at radius 3 is 2.62 bits per heavy atom. The normalized spacial score (nSPS) is 14.7. The third kappa shape index (κ3) is 3.17. The fourth-order valence-electron chi connectivity index (χ4n) is 2.58. The highest BCUT2D eigenvalue weighted by molar-refractivity contribution is 6.30. The van der Waals surface area contributed by atoms with Crippen molar-refractivity contribution in [3.63, 3.8) is 0 Å². The van der Waals surface area contributed by atoms with Crippen molar-refractivity contribution in [2.45, 2.75) is 12.8 Å². The molecule has 0 fully saturated rings. The Hall–Kier alpha value is -2.06. The van der Waals surface area contributed by atoms with Crippen LogP contribution in [0.5, 0.6) is 0 Å². The summed E-state index contributed by atoms with van der Waals surface area (Å²) < 4.78 is 0. The molecule has 2 aromatic rings. The van der Waals surface area contributed by atoms with E-state index in [0.717, 1.165) is 19.4 Å². The molecule has 0 N–H and O–H groups in total. The molecule has 0 spiro atoms. The summed E-state index contributed by atoms with van der Waals surface area (Å²) in [6, 6.07) is 17.3. The lowest BCUT2D eigenvalue weighted by atomic mass is 9.99. The molecule has 1 aliphatic heterocycles. The summed E-state index contributed by atoms with van der Waals surface area (Å²) in [4.78, 5) is 14.3. The van der Waals surface area contributed by atoms with Gasteiger partial charge in [0.25, 0.3) is 5.91 Å². The Kier molecular flexibility index (Phi) is 4.07. The smallest absolute Gasteiger partial charge is 0.257 e. The molecule has 21 heavy (non-hydrogen) atoms. The number of hydrogen-bond donors (Lipinski definition) is 0. The van der Waals surface area contributed by atoms with Crippen molar-refractivity contribution in [2.24, 2.45) is 0 Å². The number of benzene rings is 2. The van der Waals surface area contributed by atoms with Gasteiger partial charge in [0.1, 0.15) is 0 Å². The van der Waals surface area contributed by atoms with E-state index in [1.807, 2.05) is 24.4 Å². The Morgan fingerprint density at radius 1 is 1.05 bits per heavy atom. The van der Waals surface area contributed by atoms with Gasteiger partial charge in [0.15, 0.2) is 0 Å². The monoisotopic (exact) mass is 297 g/mol.